The lowest BCUT2D eigenvalue weighted by atomic mass is 9.88. The molecule has 7 heteroatoms. The van der Waals surface area contributed by atoms with E-state index in [4.69, 9.17) is 5.11 Å². The van der Waals surface area contributed by atoms with Crippen molar-refractivity contribution >= 4 is 11.9 Å². The van der Waals surface area contributed by atoms with Crippen LogP contribution in [0.5, 0.6) is 0 Å². The van der Waals surface area contributed by atoms with Crippen molar-refractivity contribution in [3.05, 3.63) is 12.7 Å². The van der Waals surface area contributed by atoms with E-state index in [1.807, 2.05) is 0 Å². The van der Waals surface area contributed by atoms with Crippen LogP contribution in [0.1, 0.15) is 39.5 Å². The lowest BCUT2D eigenvalue weighted by molar-refractivity contribution is -0.137. The number of nitrogens with zero attached hydrogens (tertiary/aromatic N) is 3. The maximum atomic E-state index is 11.7. The minimum atomic E-state index is -0.766. The minimum Gasteiger partial charge on any atom is -0.481 e. The highest BCUT2D eigenvalue weighted by molar-refractivity contribution is 5.75. The monoisotopic (exact) mass is 296 g/mol. The third-order valence-corrected chi connectivity index (χ3v) is 3.54. The fourth-order valence-electron chi connectivity index (χ4n) is 2.17. The van der Waals surface area contributed by atoms with E-state index < -0.39 is 5.97 Å². The summed E-state index contributed by atoms with van der Waals surface area (Å²) in [7, 11) is 0. The van der Waals surface area contributed by atoms with Crippen LogP contribution in [0.25, 0.3) is 0 Å². The molecule has 0 spiro atoms. The largest absolute Gasteiger partial charge is 0.481 e. The van der Waals surface area contributed by atoms with Crippen molar-refractivity contribution in [2.24, 2.45) is 11.8 Å². The van der Waals surface area contributed by atoms with Crippen LogP contribution in [0.4, 0.5) is 0 Å². The van der Waals surface area contributed by atoms with Crippen molar-refractivity contribution in [1.29, 1.82) is 0 Å². The summed E-state index contributed by atoms with van der Waals surface area (Å²) in [5.74, 6) is -0.0584. The highest BCUT2D eigenvalue weighted by Gasteiger charge is 2.15. The summed E-state index contributed by atoms with van der Waals surface area (Å²) in [4.78, 5) is 26.1. The second kappa shape index (κ2) is 9.10. The van der Waals surface area contributed by atoms with Crippen molar-refractivity contribution in [3.63, 3.8) is 0 Å². The SMILES string of the molecule is CC(C)C(CCNC(=O)CCn1cncn1)CCC(=O)O. The van der Waals surface area contributed by atoms with E-state index >= 15 is 0 Å². The predicted molar refractivity (Wildman–Crippen MR) is 77.5 cm³/mol. The van der Waals surface area contributed by atoms with Crippen LogP contribution < -0.4 is 5.32 Å². The van der Waals surface area contributed by atoms with Crippen LogP contribution in [-0.2, 0) is 16.1 Å². The van der Waals surface area contributed by atoms with Crippen molar-refractivity contribution in [1.82, 2.24) is 20.1 Å². The Balaban J connectivity index is 2.20. The Hall–Kier alpha value is -1.92. The van der Waals surface area contributed by atoms with Gasteiger partial charge in [-0.3, -0.25) is 14.3 Å². The first-order valence-corrected chi connectivity index (χ1v) is 7.30. The molecule has 21 heavy (non-hydrogen) atoms. The normalized spacial score (nSPS) is 12.3. The topological polar surface area (TPSA) is 97.1 Å². The molecule has 0 bridgehead atoms. The van der Waals surface area contributed by atoms with E-state index in [9.17, 15) is 9.59 Å². The Bertz CT molecular complexity index is 431. The zero-order chi connectivity index (χ0) is 15.7. The van der Waals surface area contributed by atoms with Gasteiger partial charge in [0.05, 0.1) is 6.54 Å². The van der Waals surface area contributed by atoms with Crippen LogP contribution in [-0.4, -0.2) is 38.3 Å². The lowest BCUT2D eigenvalue weighted by Gasteiger charge is -2.20. The van der Waals surface area contributed by atoms with Gasteiger partial charge in [0.1, 0.15) is 12.7 Å². The van der Waals surface area contributed by atoms with Gasteiger partial charge in [-0.25, -0.2) is 4.98 Å². The van der Waals surface area contributed by atoms with E-state index in [1.165, 1.54) is 6.33 Å². The summed E-state index contributed by atoms with van der Waals surface area (Å²) in [5, 5.41) is 15.5. The zero-order valence-corrected chi connectivity index (χ0v) is 12.7. The fraction of sp³-hybridized carbons (Fsp3) is 0.714. The molecule has 0 aliphatic heterocycles. The van der Waals surface area contributed by atoms with Gasteiger partial charge in [0.25, 0.3) is 0 Å². The number of hydrogen-bond acceptors (Lipinski definition) is 4. The van der Waals surface area contributed by atoms with Gasteiger partial charge in [0.15, 0.2) is 0 Å². The first-order chi connectivity index (χ1) is 9.99. The highest BCUT2D eigenvalue weighted by atomic mass is 16.4. The molecule has 7 nitrogen and oxygen atoms in total. The van der Waals surface area contributed by atoms with Crippen LogP contribution in [0.3, 0.4) is 0 Å². The Morgan fingerprint density at radius 2 is 2.05 bits per heavy atom. The summed E-state index contributed by atoms with van der Waals surface area (Å²) in [6.45, 7) is 5.26. The average Bonchev–Trinajstić information content (AvgIpc) is 2.92. The van der Waals surface area contributed by atoms with Gasteiger partial charge in [0, 0.05) is 19.4 Å². The second-order valence-corrected chi connectivity index (χ2v) is 5.48. The predicted octanol–water partition coefficient (Wildman–Crippen LogP) is 1.31. The summed E-state index contributed by atoms with van der Waals surface area (Å²) < 4.78 is 1.61. The fourth-order valence-corrected chi connectivity index (χ4v) is 2.17. The smallest absolute Gasteiger partial charge is 0.303 e. The molecule has 1 amide bonds. The van der Waals surface area contributed by atoms with Crippen molar-refractivity contribution < 1.29 is 14.7 Å². The Morgan fingerprint density at radius 3 is 2.62 bits per heavy atom. The van der Waals surface area contributed by atoms with Crippen LogP contribution in [0.2, 0.25) is 0 Å². The Labute approximate surface area is 124 Å². The second-order valence-electron chi connectivity index (χ2n) is 5.48. The van der Waals surface area contributed by atoms with Crippen molar-refractivity contribution in [3.8, 4) is 0 Å². The van der Waals surface area contributed by atoms with E-state index in [0.29, 0.717) is 37.8 Å². The molecule has 0 aliphatic carbocycles. The quantitative estimate of drug-likeness (QED) is 0.678. The molecule has 1 unspecified atom stereocenters. The number of carboxylic acids is 1. The minimum absolute atomic E-state index is 0.0220. The number of nitrogens with one attached hydrogen (secondary N) is 1. The van der Waals surface area contributed by atoms with Gasteiger partial charge in [-0.2, -0.15) is 5.10 Å². The Morgan fingerprint density at radius 1 is 1.29 bits per heavy atom. The first kappa shape index (κ1) is 17.1. The molecular formula is C14H24N4O3. The van der Waals surface area contributed by atoms with Gasteiger partial charge >= 0.3 is 5.97 Å². The summed E-state index contributed by atoms with van der Waals surface area (Å²) in [6, 6.07) is 0. The summed E-state index contributed by atoms with van der Waals surface area (Å²) >= 11 is 0. The third-order valence-electron chi connectivity index (χ3n) is 3.54. The average molecular weight is 296 g/mol. The number of amides is 1. The van der Waals surface area contributed by atoms with Crippen molar-refractivity contribution in [2.75, 3.05) is 6.54 Å². The molecular weight excluding hydrogens is 272 g/mol. The van der Waals surface area contributed by atoms with Crippen LogP contribution in [0, 0.1) is 11.8 Å². The molecule has 118 valence electrons. The number of carbonyl (C=O) groups excluding carboxylic acids is 1. The molecule has 1 atom stereocenters. The van der Waals surface area contributed by atoms with Gasteiger partial charge < -0.3 is 10.4 Å². The molecule has 1 rings (SSSR count). The van der Waals surface area contributed by atoms with Gasteiger partial charge in [-0.15, -0.1) is 0 Å². The highest BCUT2D eigenvalue weighted by Crippen LogP contribution is 2.20. The molecule has 1 aromatic rings. The van der Waals surface area contributed by atoms with Gasteiger partial charge in [-0.1, -0.05) is 13.8 Å². The molecule has 1 heterocycles. The summed E-state index contributed by atoms with van der Waals surface area (Å²) in [5.41, 5.74) is 0. The van der Waals surface area contributed by atoms with Crippen LogP contribution in [0.15, 0.2) is 12.7 Å². The van der Waals surface area contributed by atoms with E-state index in [-0.39, 0.29) is 12.3 Å². The third kappa shape index (κ3) is 7.43. The lowest BCUT2D eigenvalue weighted by Crippen LogP contribution is -2.28. The molecule has 1 aromatic heterocycles. The molecule has 0 fully saturated rings. The first-order valence-electron chi connectivity index (χ1n) is 7.30. The molecule has 0 radical (unpaired) electrons. The number of carboxylic acid groups (broad SMARTS) is 1. The molecule has 2 N–H and O–H groups in total. The number of aromatic nitrogens is 3. The number of aliphatic carboxylic acids is 1. The van der Waals surface area contributed by atoms with E-state index in [0.717, 1.165) is 6.42 Å². The maximum absolute atomic E-state index is 11.7. The van der Waals surface area contributed by atoms with E-state index in [1.54, 1.807) is 11.0 Å². The molecule has 0 saturated carbocycles. The van der Waals surface area contributed by atoms with Gasteiger partial charge in [0.2, 0.25) is 5.91 Å². The number of aryl methyl sites for hydroxylation is 1. The maximum Gasteiger partial charge on any atom is 0.303 e. The Kier molecular flexibility index (Phi) is 7.42. The van der Waals surface area contributed by atoms with Crippen LogP contribution >= 0.6 is 0 Å². The zero-order valence-electron chi connectivity index (χ0n) is 12.7. The molecule has 0 aromatic carbocycles. The standard InChI is InChI=1S/C14H24N4O3/c1-11(2)12(3-4-14(20)21)5-7-16-13(19)6-8-18-10-15-9-17-18/h9-12H,3-8H2,1-2H3,(H,16,19)(H,20,21). The van der Waals surface area contributed by atoms with Gasteiger partial charge in [-0.05, 0) is 24.7 Å². The number of hydrogen-bond donors (Lipinski definition) is 2. The molecule has 0 saturated heterocycles. The molecule has 0 aliphatic rings. The van der Waals surface area contributed by atoms with E-state index in [2.05, 4.69) is 29.2 Å². The summed E-state index contributed by atoms with van der Waals surface area (Å²) in [6.07, 6.45) is 5.03. The number of rotatable bonds is 10. The number of carbonyl (C=O) groups is 2. The van der Waals surface area contributed by atoms with Crippen molar-refractivity contribution in [2.45, 2.75) is 46.1 Å².